The highest BCUT2D eigenvalue weighted by molar-refractivity contribution is 5.37. The molecule has 4 nitrogen and oxygen atoms in total. The van der Waals surface area contributed by atoms with Gasteiger partial charge in [0, 0.05) is 29.8 Å². The quantitative estimate of drug-likeness (QED) is 0.824. The van der Waals surface area contributed by atoms with Gasteiger partial charge in [0.25, 0.3) is 0 Å². The normalized spacial score (nSPS) is 14.8. The molecule has 1 rings (SSSR count). The van der Waals surface area contributed by atoms with Crippen LogP contribution in [0, 0.1) is 6.92 Å². The van der Waals surface area contributed by atoms with Crippen LogP contribution in [0.2, 0.25) is 0 Å². The van der Waals surface area contributed by atoms with Crippen LogP contribution in [-0.2, 0) is 0 Å². The monoisotopic (exact) mass is 236 g/mol. The van der Waals surface area contributed by atoms with Gasteiger partial charge in [-0.3, -0.25) is 0 Å². The van der Waals surface area contributed by atoms with Crippen LogP contribution in [0.25, 0.3) is 0 Å². The van der Waals surface area contributed by atoms with E-state index in [-0.39, 0.29) is 6.04 Å². The summed E-state index contributed by atoms with van der Waals surface area (Å²) in [6.45, 7) is 10.3. The Morgan fingerprint density at radius 1 is 1.24 bits per heavy atom. The molecule has 2 unspecified atom stereocenters. The first-order valence-corrected chi connectivity index (χ1v) is 6.26. The maximum Gasteiger partial charge on any atom is 0.133 e. The predicted molar refractivity (Wildman–Crippen MR) is 72.2 cm³/mol. The largest absolute Gasteiger partial charge is 0.367 e. The second-order valence-electron chi connectivity index (χ2n) is 5.17. The van der Waals surface area contributed by atoms with Gasteiger partial charge >= 0.3 is 0 Å². The minimum atomic E-state index is 0.199. The fourth-order valence-electron chi connectivity index (χ4n) is 1.79. The third-order valence-corrected chi connectivity index (χ3v) is 2.51. The molecule has 3 N–H and O–H groups in total. The molecule has 96 valence electrons. The van der Waals surface area contributed by atoms with Gasteiger partial charge in [-0.25, -0.2) is 9.97 Å². The first-order chi connectivity index (χ1) is 7.88. The van der Waals surface area contributed by atoms with E-state index in [4.69, 9.17) is 5.73 Å². The van der Waals surface area contributed by atoms with Crippen LogP contribution < -0.4 is 11.1 Å². The zero-order valence-electron chi connectivity index (χ0n) is 11.5. The van der Waals surface area contributed by atoms with E-state index in [0.29, 0.717) is 12.0 Å². The van der Waals surface area contributed by atoms with Crippen LogP contribution >= 0.6 is 0 Å². The first kappa shape index (κ1) is 13.9. The van der Waals surface area contributed by atoms with Crippen molar-refractivity contribution >= 4 is 5.82 Å². The van der Waals surface area contributed by atoms with Crippen LogP contribution in [0.5, 0.6) is 0 Å². The molecule has 0 radical (unpaired) electrons. The fraction of sp³-hybridized carbons (Fsp3) is 0.692. The predicted octanol–water partition coefficient (Wildman–Crippen LogP) is 2.45. The van der Waals surface area contributed by atoms with Gasteiger partial charge in [0.2, 0.25) is 0 Å². The lowest BCUT2D eigenvalue weighted by Gasteiger charge is -2.17. The molecule has 0 saturated heterocycles. The topological polar surface area (TPSA) is 63.8 Å². The number of aromatic nitrogens is 2. The maximum atomic E-state index is 5.78. The van der Waals surface area contributed by atoms with Gasteiger partial charge in [-0.1, -0.05) is 13.8 Å². The molecular formula is C13H24N4. The number of hydrogen-bond acceptors (Lipinski definition) is 4. The van der Waals surface area contributed by atoms with Crippen molar-refractivity contribution in [3.05, 3.63) is 17.6 Å². The second kappa shape index (κ2) is 5.96. The van der Waals surface area contributed by atoms with Crippen LogP contribution in [0.15, 0.2) is 6.07 Å². The highest BCUT2D eigenvalue weighted by Crippen LogP contribution is 2.14. The third kappa shape index (κ3) is 4.69. The van der Waals surface area contributed by atoms with E-state index in [0.717, 1.165) is 23.8 Å². The number of aryl methyl sites for hydroxylation is 1. The van der Waals surface area contributed by atoms with Crippen molar-refractivity contribution in [2.75, 3.05) is 5.32 Å². The molecule has 0 aliphatic carbocycles. The van der Waals surface area contributed by atoms with Crippen LogP contribution in [0.1, 0.15) is 51.6 Å². The lowest BCUT2D eigenvalue weighted by Crippen LogP contribution is -2.26. The van der Waals surface area contributed by atoms with Gasteiger partial charge in [0.05, 0.1) is 0 Å². The Balaban J connectivity index is 2.77. The molecule has 4 heteroatoms. The summed E-state index contributed by atoms with van der Waals surface area (Å²) in [4.78, 5) is 8.94. The standard InChI is InChI=1S/C13H24N4/c1-8(2)13-16-11(5)7-12(17-13)15-10(4)6-9(3)14/h7-10H,6,14H2,1-5H3,(H,15,16,17). The van der Waals surface area contributed by atoms with Gasteiger partial charge in [0.15, 0.2) is 0 Å². The maximum absolute atomic E-state index is 5.78. The number of nitrogens with one attached hydrogen (secondary N) is 1. The molecule has 17 heavy (non-hydrogen) atoms. The summed E-state index contributed by atoms with van der Waals surface area (Å²) in [5.74, 6) is 2.13. The molecular weight excluding hydrogens is 212 g/mol. The molecule has 1 aromatic rings. The molecule has 0 aliphatic heterocycles. The average Bonchev–Trinajstić information content (AvgIpc) is 2.14. The van der Waals surface area contributed by atoms with Crippen LogP contribution in [0.4, 0.5) is 5.82 Å². The molecule has 0 fully saturated rings. The highest BCUT2D eigenvalue weighted by Gasteiger charge is 2.09. The van der Waals surface area contributed by atoms with Crippen molar-refractivity contribution in [3.8, 4) is 0 Å². The van der Waals surface area contributed by atoms with Crippen LogP contribution in [0.3, 0.4) is 0 Å². The van der Waals surface area contributed by atoms with Gasteiger partial charge in [-0.2, -0.15) is 0 Å². The number of anilines is 1. The van der Waals surface area contributed by atoms with Gasteiger partial charge in [0.1, 0.15) is 11.6 Å². The van der Waals surface area contributed by atoms with Crippen molar-refractivity contribution < 1.29 is 0 Å². The molecule has 0 saturated carbocycles. The summed E-state index contributed by atoms with van der Waals surface area (Å²) in [6.07, 6.45) is 0.931. The van der Waals surface area contributed by atoms with E-state index in [2.05, 4.69) is 36.1 Å². The lowest BCUT2D eigenvalue weighted by molar-refractivity contribution is 0.602. The zero-order chi connectivity index (χ0) is 13.0. The number of nitrogens with two attached hydrogens (primary N) is 1. The van der Waals surface area contributed by atoms with Crippen molar-refractivity contribution in [1.82, 2.24) is 9.97 Å². The fourth-order valence-corrected chi connectivity index (χ4v) is 1.79. The number of nitrogens with zero attached hydrogens (tertiary/aromatic N) is 2. The molecule has 0 amide bonds. The summed E-state index contributed by atoms with van der Waals surface area (Å²) in [5.41, 5.74) is 6.78. The summed E-state index contributed by atoms with van der Waals surface area (Å²) in [7, 11) is 0. The zero-order valence-corrected chi connectivity index (χ0v) is 11.5. The Bertz CT molecular complexity index is 360. The van der Waals surface area contributed by atoms with E-state index in [1.807, 2.05) is 19.9 Å². The average molecular weight is 236 g/mol. The van der Waals surface area contributed by atoms with E-state index >= 15 is 0 Å². The molecule has 1 heterocycles. The van der Waals surface area contributed by atoms with Crippen molar-refractivity contribution in [2.45, 2.75) is 59.0 Å². The van der Waals surface area contributed by atoms with Gasteiger partial charge < -0.3 is 11.1 Å². The lowest BCUT2D eigenvalue weighted by atomic mass is 10.1. The first-order valence-electron chi connectivity index (χ1n) is 6.26. The van der Waals surface area contributed by atoms with Crippen molar-refractivity contribution in [2.24, 2.45) is 5.73 Å². The van der Waals surface area contributed by atoms with Gasteiger partial charge in [-0.05, 0) is 27.2 Å². The summed E-state index contributed by atoms with van der Waals surface area (Å²) in [5, 5.41) is 3.38. The Labute approximate surface area is 104 Å². The van der Waals surface area contributed by atoms with E-state index < -0.39 is 0 Å². The number of hydrogen-bond donors (Lipinski definition) is 2. The Hall–Kier alpha value is -1.16. The summed E-state index contributed by atoms with van der Waals surface area (Å²) in [6, 6.07) is 2.50. The van der Waals surface area contributed by atoms with Gasteiger partial charge in [-0.15, -0.1) is 0 Å². The van der Waals surface area contributed by atoms with Crippen molar-refractivity contribution in [3.63, 3.8) is 0 Å². The highest BCUT2D eigenvalue weighted by atomic mass is 15.0. The van der Waals surface area contributed by atoms with Crippen molar-refractivity contribution in [1.29, 1.82) is 0 Å². The number of rotatable bonds is 5. The van der Waals surface area contributed by atoms with E-state index in [1.54, 1.807) is 0 Å². The molecule has 0 bridgehead atoms. The molecule has 0 aliphatic rings. The second-order valence-corrected chi connectivity index (χ2v) is 5.17. The minimum absolute atomic E-state index is 0.199. The Kier molecular flexibility index (Phi) is 4.87. The Morgan fingerprint density at radius 3 is 2.41 bits per heavy atom. The SMILES string of the molecule is Cc1cc(NC(C)CC(C)N)nc(C(C)C)n1. The third-order valence-electron chi connectivity index (χ3n) is 2.51. The minimum Gasteiger partial charge on any atom is -0.367 e. The smallest absolute Gasteiger partial charge is 0.133 e. The van der Waals surface area contributed by atoms with E-state index in [9.17, 15) is 0 Å². The Morgan fingerprint density at radius 2 is 1.88 bits per heavy atom. The summed E-state index contributed by atoms with van der Waals surface area (Å²) < 4.78 is 0. The molecule has 0 spiro atoms. The summed E-state index contributed by atoms with van der Waals surface area (Å²) >= 11 is 0. The molecule has 1 aromatic heterocycles. The molecule has 2 atom stereocenters. The van der Waals surface area contributed by atoms with Crippen LogP contribution in [-0.4, -0.2) is 22.1 Å². The van der Waals surface area contributed by atoms with E-state index in [1.165, 1.54) is 0 Å². The molecule has 0 aromatic carbocycles.